The Hall–Kier alpha value is -1.86. The molecule has 2 unspecified atom stereocenters. The summed E-state index contributed by atoms with van der Waals surface area (Å²) in [5.74, 6) is -0.330. The van der Waals surface area contributed by atoms with Crippen molar-refractivity contribution in [3.63, 3.8) is 0 Å². The summed E-state index contributed by atoms with van der Waals surface area (Å²) in [7, 11) is 0. The van der Waals surface area contributed by atoms with Crippen molar-refractivity contribution in [3.8, 4) is 5.69 Å². The van der Waals surface area contributed by atoms with E-state index in [1.165, 1.54) is 23.9 Å². The fraction of sp³-hybridized carbons (Fsp3) is 0.412. The highest BCUT2D eigenvalue weighted by Gasteiger charge is 2.31. The number of amides is 1. The summed E-state index contributed by atoms with van der Waals surface area (Å²) in [5, 5.41) is 10.4. The second-order valence-corrected chi connectivity index (χ2v) is 6.76. The van der Waals surface area contributed by atoms with Crippen LogP contribution in [0.2, 0.25) is 0 Å². The van der Waals surface area contributed by atoms with E-state index >= 15 is 0 Å². The molecule has 1 amide bonds. The Bertz CT molecular complexity index is 730. The molecule has 1 aliphatic heterocycles. The second-order valence-electron chi connectivity index (χ2n) is 5.98. The van der Waals surface area contributed by atoms with Crippen LogP contribution < -0.4 is 0 Å². The fourth-order valence-corrected chi connectivity index (χ4v) is 3.54. The molecule has 0 spiro atoms. The monoisotopic (exact) mass is 349 g/mol. The molecular weight excluding hydrogens is 329 g/mol. The molecule has 5 nitrogen and oxygen atoms in total. The number of likely N-dealkylation sites (tertiary alicyclic amines) is 1. The molecule has 1 saturated heterocycles. The molecule has 1 aromatic heterocycles. The number of aliphatic hydroxyl groups excluding tert-OH is 1. The van der Waals surface area contributed by atoms with Crippen LogP contribution in [0, 0.1) is 11.7 Å². The average Bonchev–Trinajstić information content (AvgIpc) is 3.22. The van der Waals surface area contributed by atoms with Gasteiger partial charge in [-0.05, 0) is 43.9 Å². The third-order valence-electron chi connectivity index (χ3n) is 4.41. The molecule has 1 aliphatic rings. The Morgan fingerprint density at radius 3 is 2.71 bits per heavy atom. The Morgan fingerprint density at radius 1 is 1.42 bits per heavy atom. The summed E-state index contributed by atoms with van der Waals surface area (Å²) < 4.78 is 15.0. The highest BCUT2D eigenvalue weighted by Crippen LogP contribution is 2.26. The standard InChI is InChI=1S/C17H20FN3O2S/c1-11(22)12-7-8-20(10-12)16(23)15-9-19-17(24-2)21(15)14-5-3-13(18)4-6-14/h3-6,9,11-12,22H,7-8,10H2,1-2H3. The molecule has 0 aliphatic carbocycles. The van der Waals surface area contributed by atoms with E-state index in [1.54, 1.807) is 34.7 Å². The highest BCUT2D eigenvalue weighted by molar-refractivity contribution is 7.98. The van der Waals surface area contributed by atoms with Crippen LogP contribution in [-0.2, 0) is 0 Å². The summed E-state index contributed by atoms with van der Waals surface area (Å²) in [6.45, 7) is 2.92. The van der Waals surface area contributed by atoms with Gasteiger partial charge in [0.15, 0.2) is 5.16 Å². The zero-order valence-corrected chi connectivity index (χ0v) is 14.5. The fourth-order valence-electron chi connectivity index (χ4n) is 3.00. The lowest BCUT2D eigenvalue weighted by molar-refractivity contribution is 0.0754. The number of carbonyl (C=O) groups excluding carboxylic acids is 1. The number of imidazole rings is 1. The first-order valence-corrected chi connectivity index (χ1v) is 9.08. The van der Waals surface area contributed by atoms with Crippen molar-refractivity contribution in [1.82, 2.24) is 14.5 Å². The van der Waals surface area contributed by atoms with Crippen LogP contribution in [0.5, 0.6) is 0 Å². The molecule has 0 bridgehead atoms. The molecule has 2 atom stereocenters. The number of nitrogens with zero attached hydrogens (tertiary/aromatic N) is 3. The Labute approximate surface area is 144 Å². The van der Waals surface area contributed by atoms with Gasteiger partial charge in [0.25, 0.3) is 5.91 Å². The maximum atomic E-state index is 13.2. The lowest BCUT2D eigenvalue weighted by Crippen LogP contribution is -2.31. The predicted molar refractivity (Wildman–Crippen MR) is 91.0 cm³/mol. The molecule has 1 aromatic carbocycles. The van der Waals surface area contributed by atoms with Crippen LogP contribution >= 0.6 is 11.8 Å². The number of aliphatic hydroxyl groups is 1. The lowest BCUT2D eigenvalue weighted by atomic mass is 10.0. The molecule has 2 aromatic rings. The zero-order chi connectivity index (χ0) is 17.3. The van der Waals surface area contributed by atoms with Gasteiger partial charge in [0.2, 0.25) is 0 Å². The molecule has 1 N–H and O–H groups in total. The smallest absolute Gasteiger partial charge is 0.272 e. The second kappa shape index (κ2) is 6.94. The topological polar surface area (TPSA) is 58.4 Å². The normalized spacial score (nSPS) is 18.8. The SMILES string of the molecule is CSc1ncc(C(=O)N2CCC(C(C)O)C2)n1-c1ccc(F)cc1. The van der Waals surface area contributed by atoms with E-state index in [2.05, 4.69) is 4.98 Å². The van der Waals surface area contributed by atoms with Gasteiger partial charge in [0, 0.05) is 24.7 Å². The van der Waals surface area contributed by atoms with E-state index in [4.69, 9.17) is 0 Å². The largest absolute Gasteiger partial charge is 0.393 e. The number of hydrogen-bond acceptors (Lipinski definition) is 4. The van der Waals surface area contributed by atoms with Crippen molar-refractivity contribution in [1.29, 1.82) is 0 Å². The van der Waals surface area contributed by atoms with Gasteiger partial charge < -0.3 is 10.0 Å². The average molecular weight is 349 g/mol. The lowest BCUT2D eigenvalue weighted by Gasteiger charge is -2.19. The first-order chi connectivity index (χ1) is 11.5. The van der Waals surface area contributed by atoms with Gasteiger partial charge in [-0.2, -0.15) is 0 Å². The quantitative estimate of drug-likeness (QED) is 0.862. The molecular formula is C17H20FN3O2S. The van der Waals surface area contributed by atoms with Gasteiger partial charge in [0.05, 0.1) is 12.3 Å². The van der Waals surface area contributed by atoms with Crippen LogP contribution in [-0.4, -0.2) is 50.9 Å². The van der Waals surface area contributed by atoms with Crippen LogP contribution in [0.3, 0.4) is 0 Å². The molecule has 128 valence electrons. The van der Waals surface area contributed by atoms with Crippen molar-refractivity contribution in [2.24, 2.45) is 5.92 Å². The highest BCUT2D eigenvalue weighted by atomic mass is 32.2. The minimum atomic E-state index is -0.424. The van der Waals surface area contributed by atoms with Gasteiger partial charge in [-0.1, -0.05) is 11.8 Å². The molecule has 1 fully saturated rings. The van der Waals surface area contributed by atoms with Crippen molar-refractivity contribution in [3.05, 3.63) is 42.0 Å². The molecule has 3 rings (SSSR count). The number of carbonyl (C=O) groups is 1. The van der Waals surface area contributed by atoms with Crippen LogP contribution in [0.25, 0.3) is 5.69 Å². The summed E-state index contributed by atoms with van der Waals surface area (Å²) in [6, 6.07) is 6.01. The molecule has 24 heavy (non-hydrogen) atoms. The summed E-state index contributed by atoms with van der Waals surface area (Å²) in [6.07, 6.45) is 3.82. The summed E-state index contributed by atoms with van der Waals surface area (Å²) in [4.78, 5) is 19.0. The van der Waals surface area contributed by atoms with Crippen molar-refractivity contribution < 1.29 is 14.3 Å². The van der Waals surface area contributed by atoms with Crippen LogP contribution in [0.4, 0.5) is 4.39 Å². The van der Waals surface area contributed by atoms with E-state index in [1.807, 2.05) is 6.26 Å². The van der Waals surface area contributed by atoms with Crippen molar-refractivity contribution in [2.45, 2.75) is 24.6 Å². The third-order valence-corrected chi connectivity index (χ3v) is 5.06. The minimum absolute atomic E-state index is 0.108. The maximum absolute atomic E-state index is 13.2. The van der Waals surface area contributed by atoms with Gasteiger partial charge in [-0.15, -0.1) is 0 Å². The zero-order valence-electron chi connectivity index (χ0n) is 13.6. The van der Waals surface area contributed by atoms with Gasteiger partial charge >= 0.3 is 0 Å². The Kier molecular flexibility index (Phi) is 4.91. The molecule has 2 heterocycles. The molecule has 0 saturated carbocycles. The summed E-state index contributed by atoms with van der Waals surface area (Å²) >= 11 is 1.43. The number of halogens is 1. The van der Waals surface area contributed by atoms with Gasteiger partial charge in [-0.25, -0.2) is 9.37 Å². The number of rotatable bonds is 4. The van der Waals surface area contributed by atoms with E-state index < -0.39 is 6.10 Å². The van der Waals surface area contributed by atoms with E-state index in [9.17, 15) is 14.3 Å². The van der Waals surface area contributed by atoms with E-state index in [-0.39, 0.29) is 17.6 Å². The van der Waals surface area contributed by atoms with Gasteiger partial charge in [0.1, 0.15) is 11.5 Å². The van der Waals surface area contributed by atoms with E-state index in [0.29, 0.717) is 29.6 Å². The number of hydrogen-bond donors (Lipinski definition) is 1. The predicted octanol–water partition coefficient (Wildman–Crippen LogP) is 2.58. The van der Waals surface area contributed by atoms with Crippen molar-refractivity contribution in [2.75, 3.05) is 19.3 Å². The molecule has 7 heteroatoms. The molecule has 0 radical (unpaired) electrons. The first-order valence-electron chi connectivity index (χ1n) is 7.86. The van der Waals surface area contributed by atoms with E-state index in [0.717, 1.165) is 6.42 Å². The number of benzene rings is 1. The Balaban J connectivity index is 1.93. The minimum Gasteiger partial charge on any atom is -0.393 e. The maximum Gasteiger partial charge on any atom is 0.272 e. The summed E-state index contributed by atoms with van der Waals surface area (Å²) in [5.41, 5.74) is 1.16. The van der Waals surface area contributed by atoms with Crippen LogP contribution in [0.1, 0.15) is 23.8 Å². The number of aromatic nitrogens is 2. The Morgan fingerprint density at radius 2 is 2.12 bits per heavy atom. The third kappa shape index (κ3) is 3.18. The van der Waals surface area contributed by atoms with Crippen molar-refractivity contribution >= 4 is 17.7 Å². The van der Waals surface area contributed by atoms with Crippen LogP contribution in [0.15, 0.2) is 35.6 Å². The first kappa shape index (κ1) is 17.0. The van der Waals surface area contributed by atoms with Gasteiger partial charge in [-0.3, -0.25) is 9.36 Å². The number of thioether (sulfide) groups is 1.